The van der Waals surface area contributed by atoms with E-state index < -0.39 is 6.29 Å². The monoisotopic (exact) mass is 232 g/mol. The molecule has 1 aromatic rings. The van der Waals surface area contributed by atoms with E-state index in [1.54, 1.807) is 6.07 Å². The summed E-state index contributed by atoms with van der Waals surface area (Å²) in [7, 11) is 0. The maximum atomic E-state index is 11.6. The van der Waals surface area contributed by atoms with Gasteiger partial charge in [0.2, 0.25) is 6.29 Å². The largest absolute Gasteiger partial charge is 0.428 e. The Bertz CT molecular complexity index is 421. The molecule has 0 N–H and O–H groups in total. The maximum absolute atomic E-state index is 11.6. The molecule has 1 aromatic carbocycles. The molecule has 1 saturated carbocycles. The van der Waals surface area contributed by atoms with Crippen LogP contribution in [0, 0.1) is 0 Å². The van der Waals surface area contributed by atoms with Crippen LogP contribution in [-0.2, 0) is 9.47 Å². The first-order chi connectivity index (χ1) is 8.34. The second-order valence-corrected chi connectivity index (χ2v) is 4.72. The van der Waals surface area contributed by atoms with E-state index in [-0.39, 0.29) is 12.1 Å². The maximum Gasteiger partial charge on any atom is 0.341 e. The molecule has 1 fully saturated rings. The van der Waals surface area contributed by atoms with Gasteiger partial charge < -0.3 is 9.47 Å². The second kappa shape index (κ2) is 4.49. The quantitative estimate of drug-likeness (QED) is 0.734. The summed E-state index contributed by atoms with van der Waals surface area (Å²) in [6.07, 6.45) is 5.64. The lowest BCUT2D eigenvalue weighted by atomic mass is 9.97. The molecule has 3 heteroatoms. The number of esters is 1. The van der Waals surface area contributed by atoms with E-state index in [0.717, 1.165) is 18.4 Å². The van der Waals surface area contributed by atoms with Crippen LogP contribution in [0.15, 0.2) is 24.3 Å². The summed E-state index contributed by atoms with van der Waals surface area (Å²) in [6.45, 7) is 0. The Labute approximate surface area is 101 Å². The summed E-state index contributed by atoms with van der Waals surface area (Å²) < 4.78 is 11.2. The van der Waals surface area contributed by atoms with Crippen LogP contribution in [0.25, 0.3) is 0 Å². The normalized spacial score (nSPS) is 24.5. The zero-order valence-corrected chi connectivity index (χ0v) is 9.72. The highest BCUT2D eigenvalue weighted by molar-refractivity contribution is 5.93. The first kappa shape index (κ1) is 10.8. The third kappa shape index (κ3) is 2.07. The molecule has 0 bridgehead atoms. The average molecular weight is 232 g/mol. The number of fused-ring (bicyclic) bond motifs is 1. The van der Waals surface area contributed by atoms with Crippen LogP contribution in [-0.4, -0.2) is 12.1 Å². The highest BCUT2D eigenvalue weighted by atomic mass is 16.7. The van der Waals surface area contributed by atoms with Crippen molar-refractivity contribution in [3.05, 3.63) is 35.4 Å². The van der Waals surface area contributed by atoms with Gasteiger partial charge in [0.25, 0.3) is 0 Å². The molecular formula is C14H16O3. The third-order valence-electron chi connectivity index (χ3n) is 3.52. The summed E-state index contributed by atoms with van der Waals surface area (Å²) in [5.41, 5.74) is 1.52. The molecule has 1 unspecified atom stereocenters. The minimum Gasteiger partial charge on any atom is -0.428 e. The van der Waals surface area contributed by atoms with Crippen LogP contribution in [0.1, 0.15) is 54.3 Å². The van der Waals surface area contributed by atoms with Crippen LogP contribution in [0.5, 0.6) is 0 Å². The van der Waals surface area contributed by atoms with Gasteiger partial charge in [-0.2, -0.15) is 0 Å². The lowest BCUT2D eigenvalue weighted by Crippen LogP contribution is -2.19. The molecular weight excluding hydrogens is 216 g/mol. The van der Waals surface area contributed by atoms with Crippen molar-refractivity contribution in [2.45, 2.75) is 44.5 Å². The van der Waals surface area contributed by atoms with Crippen molar-refractivity contribution in [1.29, 1.82) is 0 Å². The van der Waals surface area contributed by atoms with Gasteiger partial charge in [0.15, 0.2) is 0 Å². The molecule has 0 radical (unpaired) electrons. The highest BCUT2D eigenvalue weighted by Crippen LogP contribution is 2.34. The highest BCUT2D eigenvalue weighted by Gasteiger charge is 2.33. The van der Waals surface area contributed by atoms with Gasteiger partial charge in [-0.05, 0) is 18.9 Å². The smallest absolute Gasteiger partial charge is 0.341 e. The molecule has 0 saturated heterocycles. The summed E-state index contributed by atoms with van der Waals surface area (Å²) in [4.78, 5) is 11.6. The fourth-order valence-corrected chi connectivity index (χ4v) is 2.59. The topological polar surface area (TPSA) is 35.5 Å². The van der Waals surface area contributed by atoms with Crippen LogP contribution in [0.4, 0.5) is 0 Å². The molecule has 90 valence electrons. The molecule has 0 spiro atoms. The number of rotatable bonds is 2. The molecule has 17 heavy (non-hydrogen) atoms. The van der Waals surface area contributed by atoms with Crippen LogP contribution < -0.4 is 0 Å². The zero-order chi connectivity index (χ0) is 11.7. The van der Waals surface area contributed by atoms with E-state index in [0.29, 0.717) is 5.56 Å². The number of cyclic esters (lactones) is 1. The van der Waals surface area contributed by atoms with Gasteiger partial charge in [-0.3, -0.25) is 0 Å². The van der Waals surface area contributed by atoms with Crippen molar-refractivity contribution < 1.29 is 14.3 Å². The van der Waals surface area contributed by atoms with Crippen molar-refractivity contribution in [3.8, 4) is 0 Å². The average Bonchev–Trinajstić information content (AvgIpc) is 2.69. The Balaban J connectivity index is 1.75. The Kier molecular flexibility index (Phi) is 2.85. The van der Waals surface area contributed by atoms with Gasteiger partial charge in [0.05, 0.1) is 11.7 Å². The summed E-state index contributed by atoms with van der Waals surface area (Å²) in [5.74, 6) is -0.263. The second-order valence-electron chi connectivity index (χ2n) is 4.72. The first-order valence-corrected chi connectivity index (χ1v) is 6.30. The van der Waals surface area contributed by atoms with E-state index in [4.69, 9.17) is 9.47 Å². The summed E-state index contributed by atoms with van der Waals surface area (Å²) in [6, 6.07) is 7.47. The van der Waals surface area contributed by atoms with Crippen LogP contribution >= 0.6 is 0 Å². The number of hydrogen-bond donors (Lipinski definition) is 0. The lowest BCUT2D eigenvalue weighted by Gasteiger charge is -2.24. The molecule has 1 atom stereocenters. The van der Waals surface area contributed by atoms with E-state index in [9.17, 15) is 4.79 Å². The van der Waals surface area contributed by atoms with E-state index >= 15 is 0 Å². The lowest BCUT2D eigenvalue weighted by molar-refractivity contribution is -0.144. The van der Waals surface area contributed by atoms with Crippen molar-refractivity contribution >= 4 is 5.97 Å². The molecule has 3 rings (SSSR count). The molecule has 1 heterocycles. The Morgan fingerprint density at radius 1 is 1.12 bits per heavy atom. The summed E-state index contributed by atoms with van der Waals surface area (Å²) >= 11 is 0. The van der Waals surface area contributed by atoms with E-state index in [1.165, 1.54) is 19.3 Å². The predicted molar refractivity (Wildman–Crippen MR) is 62.6 cm³/mol. The van der Waals surface area contributed by atoms with Crippen molar-refractivity contribution in [3.63, 3.8) is 0 Å². The fraction of sp³-hybridized carbons (Fsp3) is 0.500. The van der Waals surface area contributed by atoms with Gasteiger partial charge in [-0.15, -0.1) is 0 Å². The first-order valence-electron chi connectivity index (χ1n) is 6.30. The summed E-state index contributed by atoms with van der Waals surface area (Å²) in [5, 5.41) is 0. The number of carbonyl (C=O) groups is 1. The van der Waals surface area contributed by atoms with E-state index in [1.807, 2.05) is 18.2 Å². The molecule has 1 aliphatic heterocycles. The number of ether oxygens (including phenoxy) is 2. The number of carbonyl (C=O) groups excluding carboxylic acids is 1. The molecule has 1 aliphatic carbocycles. The molecule has 2 aliphatic rings. The molecule has 0 amide bonds. The number of benzene rings is 1. The van der Waals surface area contributed by atoms with E-state index in [2.05, 4.69) is 0 Å². The molecule has 0 aromatic heterocycles. The van der Waals surface area contributed by atoms with Gasteiger partial charge in [0, 0.05) is 5.56 Å². The fourth-order valence-electron chi connectivity index (χ4n) is 2.59. The molecule has 3 nitrogen and oxygen atoms in total. The van der Waals surface area contributed by atoms with Crippen molar-refractivity contribution in [1.82, 2.24) is 0 Å². The minimum absolute atomic E-state index is 0.243. The Morgan fingerprint density at radius 3 is 2.71 bits per heavy atom. The minimum atomic E-state index is -0.484. The van der Waals surface area contributed by atoms with Gasteiger partial charge in [0.1, 0.15) is 0 Å². The van der Waals surface area contributed by atoms with Crippen LogP contribution in [0.3, 0.4) is 0 Å². The predicted octanol–water partition coefficient (Wildman–Crippen LogP) is 3.20. The van der Waals surface area contributed by atoms with Gasteiger partial charge in [-0.1, -0.05) is 37.5 Å². The zero-order valence-electron chi connectivity index (χ0n) is 9.72. The van der Waals surface area contributed by atoms with Crippen molar-refractivity contribution in [2.24, 2.45) is 0 Å². The number of hydrogen-bond acceptors (Lipinski definition) is 3. The van der Waals surface area contributed by atoms with Crippen molar-refractivity contribution in [2.75, 3.05) is 0 Å². The Morgan fingerprint density at radius 2 is 1.88 bits per heavy atom. The third-order valence-corrected chi connectivity index (χ3v) is 3.52. The van der Waals surface area contributed by atoms with Crippen LogP contribution in [0.2, 0.25) is 0 Å². The van der Waals surface area contributed by atoms with Gasteiger partial charge >= 0.3 is 5.97 Å². The van der Waals surface area contributed by atoms with Gasteiger partial charge in [-0.25, -0.2) is 4.79 Å². The SMILES string of the molecule is O=C1OC(OC2CCCCC2)c2ccccc21. The standard InChI is InChI=1S/C14H16O3/c15-13-11-8-4-5-9-12(11)14(17-13)16-10-6-2-1-3-7-10/h4-5,8-10,14H,1-3,6-7H2. The Hall–Kier alpha value is -1.35.